The minimum absolute atomic E-state index is 0.000908. The number of nitrogens with zero attached hydrogens (tertiary/aromatic N) is 2. The third-order valence-electron chi connectivity index (χ3n) is 4.61. The first-order valence-corrected chi connectivity index (χ1v) is 9.09. The summed E-state index contributed by atoms with van der Waals surface area (Å²) >= 11 is 5.88. The van der Waals surface area contributed by atoms with Gasteiger partial charge in [0.2, 0.25) is 11.8 Å². The molecule has 2 heterocycles. The molecule has 7 heteroatoms. The summed E-state index contributed by atoms with van der Waals surface area (Å²) in [6.07, 6.45) is 4.34. The predicted octanol–water partition coefficient (Wildman–Crippen LogP) is 3.64. The molecule has 26 heavy (non-hydrogen) atoms. The van der Waals surface area contributed by atoms with Crippen molar-refractivity contribution in [1.29, 1.82) is 0 Å². The van der Waals surface area contributed by atoms with Crippen molar-refractivity contribution in [2.24, 2.45) is 5.92 Å². The van der Waals surface area contributed by atoms with Crippen molar-refractivity contribution in [3.8, 4) is 11.5 Å². The molecule has 6 nitrogen and oxygen atoms in total. The molecule has 0 radical (unpaired) electrons. The molecule has 1 amide bonds. The number of likely N-dealkylation sites (tertiary alicyclic amines) is 1. The molecule has 0 spiro atoms. The van der Waals surface area contributed by atoms with E-state index in [0.29, 0.717) is 36.1 Å². The van der Waals surface area contributed by atoms with Gasteiger partial charge in [-0.05, 0) is 49.4 Å². The van der Waals surface area contributed by atoms with E-state index in [4.69, 9.17) is 21.1 Å². The molecule has 0 bridgehead atoms. The van der Waals surface area contributed by atoms with Crippen molar-refractivity contribution < 1.29 is 19.1 Å². The maximum Gasteiger partial charge on any atom is 0.303 e. The van der Waals surface area contributed by atoms with Crippen LogP contribution in [-0.2, 0) is 16.0 Å². The van der Waals surface area contributed by atoms with Crippen LogP contribution in [0.25, 0.3) is 11.5 Å². The summed E-state index contributed by atoms with van der Waals surface area (Å²) in [6, 6.07) is 7.16. The second-order valence-electron chi connectivity index (χ2n) is 6.61. The fourth-order valence-electron chi connectivity index (χ4n) is 3.23. The number of hydrogen-bond donors (Lipinski definition) is 1. The summed E-state index contributed by atoms with van der Waals surface area (Å²) in [5, 5.41) is 9.46. The lowest BCUT2D eigenvalue weighted by atomic mass is 9.93. The number of carboxylic acid groups (broad SMARTS) is 1. The van der Waals surface area contributed by atoms with Crippen molar-refractivity contribution >= 4 is 23.5 Å². The zero-order valence-electron chi connectivity index (χ0n) is 14.4. The topological polar surface area (TPSA) is 83.6 Å². The molecule has 138 valence electrons. The van der Waals surface area contributed by atoms with Gasteiger partial charge >= 0.3 is 5.97 Å². The number of hydrogen-bond acceptors (Lipinski definition) is 4. The van der Waals surface area contributed by atoms with E-state index in [-0.39, 0.29) is 24.7 Å². The van der Waals surface area contributed by atoms with Crippen LogP contribution in [0.2, 0.25) is 5.02 Å². The average molecular weight is 377 g/mol. The normalized spacial score (nSPS) is 17.3. The third kappa shape index (κ3) is 4.85. The van der Waals surface area contributed by atoms with Crippen molar-refractivity contribution in [3.05, 3.63) is 41.2 Å². The fraction of sp³-hybridized carbons (Fsp3) is 0.421. The van der Waals surface area contributed by atoms with E-state index < -0.39 is 5.97 Å². The maximum atomic E-state index is 12.6. The molecule has 3 rings (SSSR count). The minimum Gasteiger partial charge on any atom is -0.481 e. The zero-order valence-corrected chi connectivity index (χ0v) is 15.1. The van der Waals surface area contributed by atoms with Crippen LogP contribution in [0, 0.1) is 5.92 Å². The average Bonchev–Trinajstić information content (AvgIpc) is 3.09. The summed E-state index contributed by atoms with van der Waals surface area (Å²) in [4.78, 5) is 29.5. The second kappa shape index (κ2) is 8.36. The van der Waals surface area contributed by atoms with Gasteiger partial charge in [0, 0.05) is 30.1 Å². The van der Waals surface area contributed by atoms with Gasteiger partial charge in [-0.1, -0.05) is 11.6 Å². The maximum absolute atomic E-state index is 12.6. The number of piperidine rings is 1. The smallest absolute Gasteiger partial charge is 0.303 e. The Labute approximate surface area is 156 Å². The van der Waals surface area contributed by atoms with Gasteiger partial charge in [0.25, 0.3) is 0 Å². The van der Waals surface area contributed by atoms with Crippen molar-refractivity contribution in [2.75, 3.05) is 13.1 Å². The van der Waals surface area contributed by atoms with Gasteiger partial charge in [0.15, 0.2) is 0 Å². The molecular formula is C19H21ClN2O4. The SMILES string of the molecule is O=C(O)CC[C@H]1CCCN(C(=O)Cc2coc(-c3ccc(Cl)cc3)n2)C1. The first kappa shape index (κ1) is 18.5. The summed E-state index contributed by atoms with van der Waals surface area (Å²) in [7, 11) is 0. The molecular weight excluding hydrogens is 356 g/mol. The molecule has 1 atom stereocenters. The summed E-state index contributed by atoms with van der Waals surface area (Å²) < 4.78 is 5.47. The number of aliphatic carboxylic acids is 1. The molecule has 1 aliphatic rings. The van der Waals surface area contributed by atoms with E-state index in [1.54, 1.807) is 12.1 Å². The Kier molecular flexibility index (Phi) is 5.93. The second-order valence-corrected chi connectivity index (χ2v) is 7.04. The lowest BCUT2D eigenvalue weighted by Crippen LogP contribution is -2.40. The first-order chi connectivity index (χ1) is 12.5. The first-order valence-electron chi connectivity index (χ1n) is 8.71. The van der Waals surface area contributed by atoms with Crippen molar-refractivity contribution in [2.45, 2.75) is 32.1 Å². The van der Waals surface area contributed by atoms with E-state index in [9.17, 15) is 9.59 Å². The van der Waals surface area contributed by atoms with Crippen molar-refractivity contribution in [3.63, 3.8) is 0 Å². The Balaban J connectivity index is 1.57. The molecule has 1 aliphatic heterocycles. The van der Waals surface area contributed by atoms with Crippen LogP contribution in [-0.4, -0.2) is 40.0 Å². The van der Waals surface area contributed by atoms with E-state index in [2.05, 4.69) is 4.98 Å². The molecule has 1 aromatic heterocycles. The van der Waals surface area contributed by atoms with E-state index >= 15 is 0 Å². The van der Waals surface area contributed by atoms with Crippen LogP contribution in [0.3, 0.4) is 0 Å². The minimum atomic E-state index is -0.786. The molecule has 0 saturated carbocycles. The number of amides is 1. The van der Waals surface area contributed by atoms with Gasteiger partial charge in [0.05, 0.1) is 12.1 Å². The lowest BCUT2D eigenvalue weighted by molar-refractivity contribution is -0.137. The number of oxazole rings is 1. The van der Waals surface area contributed by atoms with Gasteiger partial charge in [-0.2, -0.15) is 0 Å². The molecule has 0 aliphatic carbocycles. The van der Waals surface area contributed by atoms with E-state index in [1.807, 2.05) is 17.0 Å². The number of aromatic nitrogens is 1. The molecule has 1 N–H and O–H groups in total. The summed E-state index contributed by atoms with van der Waals surface area (Å²) in [6.45, 7) is 1.33. The Morgan fingerprint density at radius 2 is 2.08 bits per heavy atom. The number of rotatable bonds is 6. The van der Waals surface area contributed by atoms with E-state index in [0.717, 1.165) is 18.4 Å². The highest BCUT2D eigenvalue weighted by molar-refractivity contribution is 6.30. The number of carbonyl (C=O) groups is 2. The standard InChI is InChI=1S/C19H21ClN2O4/c20-15-6-4-14(5-7-15)19-21-16(12-26-19)10-17(23)22-9-1-2-13(11-22)3-8-18(24)25/h4-7,12-13H,1-3,8-11H2,(H,24,25)/t13-/m1/s1. The van der Waals surface area contributed by atoms with Gasteiger partial charge in [-0.25, -0.2) is 4.98 Å². The predicted molar refractivity (Wildman–Crippen MR) is 96.8 cm³/mol. The van der Waals surface area contributed by atoms with Crippen LogP contribution in [0.4, 0.5) is 0 Å². The highest BCUT2D eigenvalue weighted by Gasteiger charge is 2.24. The quantitative estimate of drug-likeness (QED) is 0.832. The van der Waals surface area contributed by atoms with E-state index in [1.165, 1.54) is 6.26 Å². The molecule has 1 saturated heterocycles. The third-order valence-corrected chi connectivity index (χ3v) is 4.87. The van der Waals surface area contributed by atoms with Crippen LogP contribution in [0.5, 0.6) is 0 Å². The Hall–Kier alpha value is -2.34. The summed E-state index contributed by atoms with van der Waals surface area (Å²) in [5.74, 6) is -0.0695. The Morgan fingerprint density at radius 3 is 2.81 bits per heavy atom. The highest BCUT2D eigenvalue weighted by Crippen LogP contribution is 2.23. The fourth-order valence-corrected chi connectivity index (χ4v) is 3.36. The van der Waals surface area contributed by atoms with Crippen LogP contribution >= 0.6 is 11.6 Å². The largest absolute Gasteiger partial charge is 0.481 e. The van der Waals surface area contributed by atoms with Crippen LogP contribution in [0.1, 0.15) is 31.4 Å². The van der Waals surface area contributed by atoms with Crippen molar-refractivity contribution in [1.82, 2.24) is 9.88 Å². The zero-order chi connectivity index (χ0) is 18.5. The molecule has 0 unspecified atom stereocenters. The number of carboxylic acids is 1. The molecule has 2 aromatic rings. The van der Waals surface area contributed by atoms with Crippen LogP contribution < -0.4 is 0 Å². The van der Waals surface area contributed by atoms with Gasteiger partial charge in [0.1, 0.15) is 6.26 Å². The number of halogens is 1. The molecule has 1 fully saturated rings. The lowest BCUT2D eigenvalue weighted by Gasteiger charge is -2.32. The van der Waals surface area contributed by atoms with Gasteiger partial charge in [-0.15, -0.1) is 0 Å². The van der Waals surface area contributed by atoms with Crippen LogP contribution in [0.15, 0.2) is 34.9 Å². The Bertz CT molecular complexity index is 772. The van der Waals surface area contributed by atoms with Gasteiger partial charge < -0.3 is 14.4 Å². The monoisotopic (exact) mass is 376 g/mol. The Morgan fingerprint density at radius 1 is 1.31 bits per heavy atom. The number of carbonyl (C=O) groups excluding carboxylic acids is 1. The molecule has 1 aromatic carbocycles. The van der Waals surface area contributed by atoms with Gasteiger partial charge in [-0.3, -0.25) is 9.59 Å². The highest BCUT2D eigenvalue weighted by atomic mass is 35.5. The number of benzene rings is 1. The summed E-state index contributed by atoms with van der Waals surface area (Å²) in [5.41, 5.74) is 1.40.